The first-order valence-electron chi connectivity index (χ1n) is 7.33. The molecule has 0 aliphatic carbocycles. The van der Waals surface area contributed by atoms with Gasteiger partial charge in [0.15, 0.2) is 0 Å². The van der Waals surface area contributed by atoms with E-state index >= 15 is 0 Å². The van der Waals surface area contributed by atoms with E-state index in [0.717, 1.165) is 11.1 Å². The molecule has 6 nitrogen and oxygen atoms in total. The Labute approximate surface area is 141 Å². The van der Waals surface area contributed by atoms with Crippen molar-refractivity contribution >= 4 is 21.6 Å². The summed E-state index contributed by atoms with van der Waals surface area (Å²) in [7, 11) is -0.984. The Hall–Kier alpha value is -2.38. The molecule has 7 heteroatoms. The number of benzene rings is 2. The van der Waals surface area contributed by atoms with Crippen molar-refractivity contribution in [2.24, 2.45) is 0 Å². The Bertz CT molecular complexity index is 847. The smallest absolute Gasteiger partial charge is 0.244 e. The number of hydrogen-bond acceptors (Lipinski definition) is 4. The summed E-state index contributed by atoms with van der Waals surface area (Å²) in [6.07, 6.45) is 0.215. The number of nitrogens with one attached hydrogen (secondary N) is 2. The minimum Gasteiger partial charge on any atom is -0.495 e. The molecule has 2 aromatic rings. The van der Waals surface area contributed by atoms with Gasteiger partial charge in [-0.3, -0.25) is 4.79 Å². The number of hydrogen-bond donors (Lipinski definition) is 2. The van der Waals surface area contributed by atoms with E-state index < -0.39 is 10.0 Å². The normalized spacial score (nSPS) is 11.1. The van der Waals surface area contributed by atoms with E-state index in [2.05, 4.69) is 10.0 Å². The summed E-state index contributed by atoms with van der Waals surface area (Å²) in [5, 5.41) is 2.72. The van der Waals surface area contributed by atoms with Crippen LogP contribution in [-0.2, 0) is 21.2 Å². The molecule has 0 heterocycles. The minimum absolute atomic E-state index is 0.0267. The van der Waals surface area contributed by atoms with Crippen molar-refractivity contribution in [2.75, 3.05) is 19.5 Å². The molecule has 2 rings (SSSR count). The summed E-state index contributed by atoms with van der Waals surface area (Å²) in [6.45, 7) is 1.94. The van der Waals surface area contributed by atoms with Crippen LogP contribution in [0.2, 0.25) is 0 Å². The average molecular weight is 348 g/mol. The van der Waals surface area contributed by atoms with Crippen molar-refractivity contribution < 1.29 is 17.9 Å². The van der Waals surface area contributed by atoms with Crippen LogP contribution in [0.15, 0.2) is 47.4 Å². The average Bonchev–Trinajstić information content (AvgIpc) is 2.57. The van der Waals surface area contributed by atoms with Gasteiger partial charge in [0.05, 0.1) is 13.5 Å². The van der Waals surface area contributed by atoms with Gasteiger partial charge >= 0.3 is 0 Å². The molecule has 0 atom stereocenters. The molecule has 0 radical (unpaired) electrons. The van der Waals surface area contributed by atoms with E-state index in [1.165, 1.54) is 26.3 Å². The molecule has 0 fully saturated rings. The van der Waals surface area contributed by atoms with Crippen LogP contribution < -0.4 is 14.8 Å². The number of carbonyl (C=O) groups excluding carboxylic acids is 1. The van der Waals surface area contributed by atoms with Crippen LogP contribution in [0.1, 0.15) is 11.1 Å². The Morgan fingerprint density at radius 2 is 1.88 bits per heavy atom. The maximum atomic E-state index is 12.2. The number of amides is 1. The molecule has 0 aliphatic rings. The highest BCUT2D eigenvalue weighted by Gasteiger charge is 2.18. The van der Waals surface area contributed by atoms with Gasteiger partial charge in [-0.15, -0.1) is 0 Å². The first kappa shape index (κ1) is 18.0. The Balaban J connectivity index is 2.23. The zero-order valence-corrected chi connectivity index (χ0v) is 14.6. The fourth-order valence-corrected chi connectivity index (χ4v) is 3.18. The second-order valence-corrected chi connectivity index (χ2v) is 7.08. The van der Waals surface area contributed by atoms with Crippen molar-refractivity contribution in [1.29, 1.82) is 0 Å². The summed E-state index contributed by atoms with van der Waals surface area (Å²) in [4.78, 5) is 12.2. The highest BCUT2D eigenvalue weighted by molar-refractivity contribution is 7.89. The molecular formula is C17H20N2O4S. The molecule has 0 aromatic heterocycles. The first-order chi connectivity index (χ1) is 11.4. The van der Waals surface area contributed by atoms with E-state index in [9.17, 15) is 13.2 Å². The number of methoxy groups -OCH3 is 1. The van der Waals surface area contributed by atoms with Crippen molar-refractivity contribution in [3.05, 3.63) is 53.6 Å². The summed E-state index contributed by atoms with van der Waals surface area (Å²) in [5.41, 5.74) is 2.34. The molecule has 2 N–H and O–H groups in total. The van der Waals surface area contributed by atoms with Gasteiger partial charge in [-0.1, -0.05) is 24.3 Å². The van der Waals surface area contributed by atoms with Crippen LogP contribution >= 0.6 is 0 Å². The number of aryl methyl sites for hydroxylation is 1. The molecule has 2 aromatic carbocycles. The Kier molecular flexibility index (Phi) is 5.58. The van der Waals surface area contributed by atoms with E-state index in [-0.39, 0.29) is 23.0 Å². The maximum absolute atomic E-state index is 12.2. The number of carbonyl (C=O) groups is 1. The van der Waals surface area contributed by atoms with Crippen LogP contribution in [0.3, 0.4) is 0 Å². The van der Waals surface area contributed by atoms with Crippen LogP contribution in [-0.4, -0.2) is 28.5 Å². The van der Waals surface area contributed by atoms with Gasteiger partial charge in [0.25, 0.3) is 0 Å². The van der Waals surface area contributed by atoms with Crippen LogP contribution in [0.5, 0.6) is 5.75 Å². The van der Waals surface area contributed by atoms with Crippen molar-refractivity contribution in [3.63, 3.8) is 0 Å². The lowest BCUT2D eigenvalue weighted by Crippen LogP contribution is -2.20. The molecule has 1 amide bonds. The van der Waals surface area contributed by atoms with E-state index in [4.69, 9.17) is 4.74 Å². The predicted molar refractivity (Wildman–Crippen MR) is 92.8 cm³/mol. The second kappa shape index (κ2) is 7.46. The first-order valence-corrected chi connectivity index (χ1v) is 8.81. The predicted octanol–water partition coefficient (Wildman–Crippen LogP) is 2.09. The van der Waals surface area contributed by atoms with Gasteiger partial charge in [0.1, 0.15) is 10.6 Å². The third kappa shape index (κ3) is 4.12. The fraction of sp³-hybridized carbons (Fsp3) is 0.235. The Morgan fingerprint density at radius 1 is 1.17 bits per heavy atom. The monoisotopic (exact) mass is 348 g/mol. The molecule has 0 unspecified atom stereocenters. The standard InChI is InChI=1S/C17H20N2O4S/c1-12-6-4-5-7-13(12)10-17(20)19-14-8-9-15(23-3)16(11-14)24(21,22)18-2/h4-9,11,18H,10H2,1-3H3,(H,19,20). The third-order valence-corrected chi connectivity index (χ3v) is 5.05. The number of sulfonamides is 1. The highest BCUT2D eigenvalue weighted by atomic mass is 32.2. The maximum Gasteiger partial charge on any atom is 0.244 e. The molecule has 0 saturated carbocycles. The third-order valence-electron chi connectivity index (χ3n) is 3.62. The molecule has 0 aliphatic heterocycles. The minimum atomic E-state index is -3.69. The lowest BCUT2D eigenvalue weighted by molar-refractivity contribution is -0.115. The zero-order chi connectivity index (χ0) is 17.7. The van der Waals surface area contributed by atoms with Gasteiger partial charge in [0.2, 0.25) is 15.9 Å². The van der Waals surface area contributed by atoms with Gasteiger partial charge in [0, 0.05) is 5.69 Å². The van der Waals surface area contributed by atoms with Crippen LogP contribution in [0.25, 0.3) is 0 Å². The van der Waals surface area contributed by atoms with Crippen molar-refractivity contribution in [2.45, 2.75) is 18.2 Å². The summed E-state index contributed by atoms with van der Waals surface area (Å²) >= 11 is 0. The highest BCUT2D eigenvalue weighted by Crippen LogP contribution is 2.27. The van der Waals surface area contributed by atoms with Crippen molar-refractivity contribution in [3.8, 4) is 5.75 Å². The largest absolute Gasteiger partial charge is 0.495 e. The fourth-order valence-electron chi connectivity index (χ4n) is 2.26. The molecule has 0 bridgehead atoms. The van der Waals surface area contributed by atoms with Crippen LogP contribution in [0, 0.1) is 6.92 Å². The lowest BCUT2D eigenvalue weighted by Gasteiger charge is -2.12. The molecule has 0 spiro atoms. The van der Waals surface area contributed by atoms with Crippen LogP contribution in [0.4, 0.5) is 5.69 Å². The quantitative estimate of drug-likeness (QED) is 0.837. The number of ether oxygens (including phenoxy) is 1. The molecule has 0 saturated heterocycles. The number of anilines is 1. The molecule has 128 valence electrons. The topological polar surface area (TPSA) is 84.5 Å². The van der Waals surface area contributed by atoms with E-state index in [1.807, 2.05) is 31.2 Å². The summed E-state index contributed by atoms with van der Waals surface area (Å²) < 4.78 is 31.4. The molecule has 24 heavy (non-hydrogen) atoms. The van der Waals surface area contributed by atoms with Crippen molar-refractivity contribution in [1.82, 2.24) is 4.72 Å². The zero-order valence-electron chi connectivity index (χ0n) is 13.8. The van der Waals surface area contributed by atoms with Gasteiger partial charge in [-0.05, 0) is 43.3 Å². The Morgan fingerprint density at radius 3 is 2.50 bits per heavy atom. The summed E-state index contributed by atoms with van der Waals surface area (Å²) in [6, 6.07) is 12.1. The number of rotatable bonds is 6. The van der Waals surface area contributed by atoms with Gasteiger partial charge in [-0.25, -0.2) is 13.1 Å². The SMILES string of the molecule is CNS(=O)(=O)c1cc(NC(=O)Cc2ccccc2C)ccc1OC. The molecular weight excluding hydrogens is 328 g/mol. The van der Waals surface area contributed by atoms with E-state index in [1.54, 1.807) is 6.07 Å². The summed E-state index contributed by atoms with van der Waals surface area (Å²) in [5.74, 6) is -0.0106. The van der Waals surface area contributed by atoms with Gasteiger partial charge in [-0.2, -0.15) is 0 Å². The lowest BCUT2D eigenvalue weighted by atomic mass is 10.1. The van der Waals surface area contributed by atoms with E-state index in [0.29, 0.717) is 5.69 Å². The van der Waals surface area contributed by atoms with Gasteiger partial charge < -0.3 is 10.1 Å². The second-order valence-electron chi connectivity index (χ2n) is 5.22.